The molecule has 1 N–H and O–H groups in total. The van der Waals surface area contributed by atoms with Crippen molar-refractivity contribution >= 4 is 0 Å². The first-order valence-corrected chi connectivity index (χ1v) is 5.95. The van der Waals surface area contributed by atoms with Gasteiger partial charge in [-0.3, -0.25) is 0 Å². The number of aliphatic hydroxyl groups excluding tert-OH is 1. The zero-order valence-electron chi connectivity index (χ0n) is 10.8. The molecule has 1 atom stereocenters. The lowest BCUT2D eigenvalue weighted by molar-refractivity contribution is 0.198. The van der Waals surface area contributed by atoms with Crippen LogP contribution >= 0.6 is 0 Å². The van der Waals surface area contributed by atoms with Gasteiger partial charge in [0.05, 0.1) is 6.10 Å². The molecule has 3 heteroatoms. The second kappa shape index (κ2) is 5.19. The molecule has 2 aromatic rings. The van der Waals surface area contributed by atoms with Crippen molar-refractivity contribution in [1.82, 2.24) is 4.98 Å². The van der Waals surface area contributed by atoms with E-state index in [0.29, 0.717) is 5.88 Å². The molecule has 0 radical (unpaired) electrons. The van der Waals surface area contributed by atoms with E-state index in [0.717, 1.165) is 16.9 Å². The predicted octanol–water partition coefficient (Wildman–Crippen LogP) is 3.54. The van der Waals surface area contributed by atoms with Crippen LogP contribution < -0.4 is 4.74 Å². The Morgan fingerprint density at radius 2 is 1.94 bits per heavy atom. The van der Waals surface area contributed by atoms with E-state index in [2.05, 4.69) is 11.1 Å². The summed E-state index contributed by atoms with van der Waals surface area (Å²) in [5, 5.41) is 9.52. The minimum Gasteiger partial charge on any atom is -0.439 e. The van der Waals surface area contributed by atoms with Crippen LogP contribution in [0.3, 0.4) is 0 Å². The van der Waals surface area contributed by atoms with E-state index in [9.17, 15) is 5.11 Å². The SMILES string of the molecule is Cc1ccc(Oc2cc([C@@H](C)O)ccn2)c(C)c1. The van der Waals surface area contributed by atoms with Crippen molar-refractivity contribution in [3.05, 3.63) is 53.2 Å². The first-order chi connectivity index (χ1) is 8.56. The zero-order chi connectivity index (χ0) is 13.1. The van der Waals surface area contributed by atoms with E-state index >= 15 is 0 Å². The van der Waals surface area contributed by atoms with E-state index in [4.69, 9.17) is 4.74 Å². The number of ether oxygens (including phenoxy) is 1. The third kappa shape index (κ3) is 2.87. The van der Waals surface area contributed by atoms with Crippen molar-refractivity contribution in [2.75, 3.05) is 0 Å². The number of hydrogen-bond donors (Lipinski definition) is 1. The average molecular weight is 243 g/mol. The molecule has 18 heavy (non-hydrogen) atoms. The molecule has 94 valence electrons. The topological polar surface area (TPSA) is 42.4 Å². The number of nitrogens with zero attached hydrogens (tertiary/aromatic N) is 1. The fourth-order valence-electron chi connectivity index (χ4n) is 1.77. The second-order valence-electron chi connectivity index (χ2n) is 4.47. The molecule has 0 saturated heterocycles. The highest BCUT2D eigenvalue weighted by atomic mass is 16.5. The van der Waals surface area contributed by atoms with Gasteiger partial charge in [0, 0.05) is 12.3 Å². The summed E-state index contributed by atoms with van der Waals surface area (Å²) in [5.74, 6) is 1.29. The average Bonchev–Trinajstić information content (AvgIpc) is 2.33. The molecule has 0 bridgehead atoms. The summed E-state index contributed by atoms with van der Waals surface area (Å²) in [4.78, 5) is 4.15. The molecule has 0 aliphatic rings. The molecular weight excluding hydrogens is 226 g/mol. The van der Waals surface area contributed by atoms with Crippen molar-refractivity contribution in [3.63, 3.8) is 0 Å². The number of rotatable bonds is 3. The maximum atomic E-state index is 9.52. The van der Waals surface area contributed by atoms with Gasteiger partial charge in [0.1, 0.15) is 5.75 Å². The van der Waals surface area contributed by atoms with Crippen molar-refractivity contribution in [2.45, 2.75) is 26.9 Å². The molecule has 0 saturated carbocycles. The van der Waals surface area contributed by atoms with Crippen LogP contribution in [-0.4, -0.2) is 10.1 Å². The Labute approximate surface area is 107 Å². The molecule has 0 spiro atoms. The van der Waals surface area contributed by atoms with Gasteiger partial charge in [-0.1, -0.05) is 17.7 Å². The van der Waals surface area contributed by atoms with Crippen molar-refractivity contribution < 1.29 is 9.84 Å². The summed E-state index contributed by atoms with van der Waals surface area (Å²) in [6, 6.07) is 9.53. The van der Waals surface area contributed by atoms with Gasteiger partial charge in [-0.2, -0.15) is 0 Å². The van der Waals surface area contributed by atoms with Gasteiger partial charge < -0.3 is 9.84 Å². The van der Waals surface area contributed by atoms with E-state index < -0.39 is 6.10 Å². The summed E-state index contributed by atoms with van der Waals surface area (Å²) in [7, 11) is 0. The highest BCUT2D eigenvalue weighted by Gasteiger charge is 2.06. The van der Waals surface area contributed by atoms with Gasteiger partial charge in [0.2, 0.25) is 5.88 Å². The minimum atomic E-state index is -0.519. The first-order valence-electron chi connectivity index (χ1n) is 5.95. The van der Waals surface area contributed by atoms with Crippen LogP contribution in [0.15, 0.2) is 36.5 Å². The summed E-state index contributed by atoms with van der Waals surface area (Å²) in [5.41, 5.74) is 3.06. The highest BCUT2D eigenvalue weighted by molar-refractivity contribution is 5.38. The number of aryl methyl sites for hydroxylation is 2. The fraction of sp³-hybridized carbons (Fsp3) is 0.267. The number of pyridine rings is 1. The molecule has 3 nitrogen and oxygen atoms in total. The van der Waals surface area contributed by atoms with Gasteiger partial charge in [0.25, 0.3) is 0 Å². The zero-order valence-corrected chi connectivity index (χ0v) is 10.8. The lowest BCUT2D eigenvalue weighted by Gasteiger charge is -2.10. The lowest BCUT2D eigenvalue weighted by atomic mass is 10.1. The molecule has 0 aliphatic carbocycles. The van der Waals surface area contributed by atoms with Crippen LogP contribution in [0.2, 0.25) is 0 Å². The first kappa shape index (κ1) is 12.6. The Kier molecular flexibility index (Phi) is 3.63. The Balaban J connectivity index is 2.25. The smallest absolute Gasteiger partial charge is 0.219 e. The molecule has 1 heterocycles. The molecule has 0 fully saturated rings. The van der Waals surface area contributed by atoms with Gasteiger partial charge in [-0.15, -0.1) is 0 Å². The maximum Gasteiger partial charge on any atom is 0.219 e. The Morgan fingerprint density at radius 3 is 2.61 bits per heavy atom. The molecular formula is C15H17NO2. The van der Waals surface area contributed by atoms with Gasteiger partial charge in [-0.05, 0) is 44.0 Å². The van der Waals surface area contributed by atoms with Crippen LogP contribution in [0.4, 0.5) is 0 Å². The second-order valence-corrected chi connectivity index (χ2v) is 4.47. The van der Waals surface area contributed by atoms with Crippen LogP contribution in [-0.2, 0) is 0 Å². The standard InChI is InChI=1S/C15H17NO2/c1-10-4-5-14(11(2)8-10)18-15-9-13(12(3)17)6-7-16-15/h4-9,12,17H,1-3H3/t12-/m1/s1. The number of aliphatic hydroxyl groups is 1. The van der Waals surface area contributed by atoms with Crippen LogP contribution in [0.5, 0.6) is 11.6 Å². The van der Waals surface area contributed by atoms with E-state index in [1.165, 1.54) is 5.56 Å². The van der Waals surface area contributed by atoms with Crippen molar-refractivity contribution in [1.29, 1.82) is 0 Å². The molecule has 0 unspecified atom stereocenters. The molecule has 2 rings (SSSR count). The molecule has 0 amide bonds. The van der Waals surface area contributed by atoms with E-state index in [1.54, 1.807) is 25.3 Å². The summed E-state index contributed by atoms with van der Waals surface area (Å²) >= 11 is 0. The molecule has 0 aliphatic heterocycles. The van der Waals surface area contributed by atoms with Crippen LogP contribution in [0.25, 0.3) is 0 Å². The Bertz CT molecular complexity index is 550. The van der Waals surface area contributed by atoms with Crippen LogP contribution in [0, 0.1) is 13.8 Å². The van der Waals surface area contributed by atoms with Gasteiger partial charge in [0.15, 0.2) is 0 Å². The fourth-order valence-corrected chi connectivity index (χ4v) is 1.77. The van der Waals surface area contributed by atoms with E-state index in [-0.39, 0.29) is 0 Å². The Hall–Kier alpha value is -1.87. The minimum absolute atomic E-state index is 0.500. The lowest BCUT2D eigenvalue weighted by Crippen LogP contribution is -1.95. The number of benzene rings is 1. The summed E-state index contributed by atoms with van der Waals surface area (Å²) in [6.07, 6.45) is 1.12. The number of aromatic nitrogens is 1. The van der Waals surface area contributed by atoms with Gasteiger partial charge >= 0.3 is 0 Å². The third-order valence-electron chi connectivity index (χ3n) is 2.79. The summed E-state index contributed by atoms with van der Waals surface area (Å²) < 4.78 is 5.73. The predicted molar refractivity (Wildman–Crippen MR) is 70.9 cm³/mol. The largest absolute Gasteiger partial charge is 0.439 e. The van der Waals surface area contributed by atoms with Crippen molar-refractivity contribution in [3.8, 4) is 11.6 Å². The third-order valence-corrected chi connectivity index (χ3v) is 2.79. The Morgan fingerprint density at radius 1 is 1.17 bits per heavy atom. The van der Waals surface area contributed by atoms with Crippen LogP contribution in [0.1, 0.15) is 29.7 Å². The summed E-state index contributed by atoms with van der Waals surface area (Å²) in [6.45, 7) is 5.76. The van der Waals surface area contributed by atoms with E-state index in [1.807, 2.05) is 26.0 Å². The van der Waals surface area contributed by atoms with Gasteiger partial charge in [-0.25, -0.2) is 4.98 Å². The molecule has 1 aromatic carbocycles. The maximum absolute atomic E-state index is 9.52. The molecule has 1 aromatic heterocycles. The normalized spacial score (nSPS) is 12.2. The number of hydrogen-bond acceptors (Lipinski definition) is 3. The monoisotopic (exact) mass is 243 g/mol. The van der Waals surface area contributed by atoms with Crippen molar-refractivity contribution in [2.24, 2.45) is 0 Å². The highest BCUT2D eigenvalue weighted by Crippen LogP contribution is 2.25. The quantitative estimate of drug-likeness (QED) is 0.896.